The highest BCUT2D eigenvalue weighted by molar-refractivity contribution is 5.69. The van der Waals surface area contributed by atoms with Crippen LogP contribution in [0.4, 0.5) is 0 Å². The molecule has 4 nitrogen and oxygen atoms in total. The second-order valence-corrected chi connectivity index (χ2v) is 7.28. The molecule has 0 amide bonds. The number of aliphatic hydroxyl groups is 1. The van der Waals surface area contributed by atoms with E-state index in [1.165, 1.54) is 12.0 Å². The van der Waals surface area contributed by atoms with Gasteiger partial charge < -0.3 is 14.6 Å². The molecule has 1 aromatic rings. The number of esters is 1. The smallest absolute Gasteiger partial charge is 0.306 e. The third-order valence-electron chi connectivity index (χ3n) is 4.29. The Hall–Kier alpha value is -1.55. The summed E-state index contributed by atoms with van der Waals surface area (Å²) in [6.45, 7) is 6.25. The lowest BCUT2D eigenvalue weighted by atomic mass is 9.89. The molecule has 0 saturated carbocycles. The van der Waals surface area contributed by atoms with E-state index in [0.717, 1.165) is 31.4 Å². The molecule has 1 aromatic carbocycles. The van der Waals surface area contributed by atoms with Gasteiger partial charge >= 0.3 is 5.97 Å². The van der Waals surface area contributed by atoms with Gasteiger partial charge in [0.2, 0.25) is 0 Å². The average Bonchev–Trinajstić information content (AvgIpc) is 2.66. The molecule has 1 saturated heterocycles. The highest BCUT2D eigenvalue weighted by atomic mass is 16.5. The number of hydrogen-bond donors (Lipinski definition) is 1. The molecule has 1 heterocycles. The summed E-state index contributed by atoms with van der Waals surface area (Å²) in [6, 6.07) is 8.27. The molecule has 0 radical (unpaired) electrons. The zero-order chi connectivity index (χ0) is 18.7. The summed E-state index contributed by atoms with van der Waals surface area (Å²) in [4.78, 5) is 11.5. The Labute approximate surface area is 152 Å². The minimum Gasteiger partial charge on any atom is -0.497 e. The summed E-state index contributed by atoms with van der Waals surface area (Å²) in [5.74, 6) is 1.88. The fourth-order valence-corrected chi connectivity index (χ4v) is 2.90. The molecule has 4 heteroatoms. The number of ether oxygens (including phenoxy) is 2. The molecule has 0 aliphatic carbocycles. The molecular formula is C21H34O4. The summed E-state index contributed by atoms with van der Waals surface area (Å²) in [7, 11) is 1.68. The molecule has 1 aliphatic rings. The van der Waals surface area contributed by atoms with Crippen molar-refractivity contribution in [3.63, 3.8) is 0 Å². The van der Waals surface area contributed by atoms with Crippen LogP contribution in [-0.2, 0) is 16.0 Å². The lowest BCUT2D eigenvalue weighted by molar-refractivity contribution is -0.148. The van der Waals surface area contributed by atoms with Gasteiger partial charge in [-0.05, 0) is 62.1 Å². The number of carbonyl (C=O) groups excluding carboxylic acids is 1. The predicted molar refractivity (Wildman–Crippen MR) is 101 cm³/mol. The van der Waals surface area contributed by atoms with Gasteiger partial charge in [0, 0.05) is 13.0 Å². The van der Waals surface area contributed by atoms with Crippen LogP contribution in [0.3, 0.4) is 0 Å². The second kappa shape index (κ2) is 11.9. The third-order valence-corrected chi connectivity index (χ3v) is 4.29. The standard InChI is InChI=1S/C17H24O3.C4H10O/c1-13-11-15(5-3-4-6-17(18)20-13)12-14-7-9-16(19-2)10-8-14;1-4(2)3-5/h7-10,13,15H,3-6,11-12H2,1-2H3;4-5H,3H2,1-2H3. The Bertz CT molecular complexity index is 481. The minimum atomic E-state index is -0.0393. The summed E-state index contributed by atoms with van der Waals surface area (Å²) in [5, 5.41) is 8.14. The monoisotopic (exact) mass is 350 g/mol. The Balaban J connectivity index is 0.000000550. The quantitative estimate of drug-likeness (QED) is 0.819. The molecule has 0 aromatic heterocycles. The topological polar surface area (TPSA) is 55.8 Å². The van der Waals surface area contributed by atoms with E-state index in [1.807, 2.05) is 32.9 Å². The highest BCUT2D eigenvalue weighted by Gasteiger charge is 2.19. The van der Waals surface area contributed by atoms with Crippen LogP contribution in [0.5, 0.6) is 5.75 Å². The molecule has 25 heavy (non-hydrogen) atoms. The van der Waals surface area contributed by atoms with Gasteiger partial charge in [-0.25, -0.2) is 0 Å². The number of hydrogen-bond acceptors (Lipinski definition) is 4. The van der Waals surface area contributed by atoms with E-state index in [4.69, 9.17) is 14.6 Å². The number of methoxy groups -OCH3 is 1. The van der Waals surface area contributed by atoms with E-state index >= 15 is 0 Å². The Morgan fingerprint density at radius 3 is 2.44 bits per heavy atom. The van der Waals surface area contributed by atoms with Gasteiger partial charge in [-0.15, -0.1) is 0 Å². The van der Waals surface area contributed by atoms with Gasteiger partial charge in [0.15, 0.2) is 0 Å². The normalized spacial score (nSPS) is 21.3. The van der Waals surface area contributed by atoms with E-state index in [2.05, 4.69) is 12.1 Å². The largest absolute Gasteiger partial charge is 0.497 e. The second-order valence-electron chi connectivity index (χ2n) is 7.28. The van der Waals surface area contributed by atoms with E-state index in [-0.39, 0.29) is 12.1 Å². The predicted octanol–water partition coefficient (Wildman–Crippen LogP) is 4.38. The Morgan fingerprint density at radius 1 is 1.24 bits per heavy atom. The molecule has 2 atom stereocenters. The first kappa shape index (κ1) is 21.5. The first-order valence-corrected chi connectivity index (χ1v) is 9.37. The van der Waals surface area contributed by atoms with Crippen LogP contribution < -0.4 is 4.74 Å². The lowest BCUT2D eigenvalue weighted by Crippen LogP contribution is -2.18. The summed E-state index contributed by atoms with van der Waals surface area (Å²) in [6.07, 6.45) is 5.84. The molecule has 1 aliphatic heterocycles. The van der Waals surface area contributed by atoms with Gasteiger partial charge in [-0.3, -0.25) is 4.79 Å². The summed E-state index contributed by atoms with van der Waals surface area (Å²) in [5.41, 5.74) is 1.33. The van der Waals surface area contributed by atoms with Crippen LogP contribution in [0, 0.1) is 11.8 Å². The lowest BCUT2D eigenvalue weighted by Gasteiger charge is -2.20. The molecule has 0 bridgehead atoms. The van der Waals surface area contributed by atoms with E-state index in [9.17, 15) is 4.79 Å². The van der Waals surface area contributed by atoms with E-state index in [0.29, 0.717) is 24.9 Å². The van der Waals surface area contributed by atoms with Gasteiger partial charge in [-0.1, -0.05) is 32.4 Å². The summed E-state index contributed by atoms with van der Waals surface area (Å²) < 4.78 is 10.6. The van der Waals surface area contributed by atoms with Crippen molar-refractivity contribution in [2.75, 3.05) is 13.7 Å². The molecular weight excluding hydrogens is 316 g/mol. The molecule has 0 spiro atoms. The number of cyclic esters (lactones) is 1. The van der Waals surface area contributed by atoms with Gasteiger partial charge in [0.25, 0.3) is 0 Å². The maximum Gasteiger partial charge on any atom is 0.306 e. The van der Waals surface area contributed by atoms with Gasteiger partial charge in [0.1, 0.15) is 5.75 Å². The van der Waals surface area contributed by atoms with Crippen LogP contribution in [-0.4, -0.2) is 30.9 Å². The number of carbonyl (C=O) groups is 1. The van der Waals surface area contributed by atoms with Crippen molar-refractivity contribution in [3.05, 3.63) is 29.8 Å². The fraction of sp³-hybridized carbons (Fsp3) is 0.667. The average molecular weight is 350 g/mol. The maximum atomic E-state index is 11.5. The molecule has 1 N–H and O–H groups in total. The number of aliphatic hydroxyl groups excluding tert-OH is 1. The van der Waals surface area contributed by atoms with Gasteiger partial charge in [0.05, 0.1) is 13.2 Å². The van der Waals surface area contributed by atoms with Crippen molar-refractivity contribution in [2.24, 2.45) is 11.8 Å². The zero-order valence-corrected chi connectivity index (χ0v) is 16.2. The third kappa shape index (κ3) is 9.49. The van der Waals surface area contributed by atoms with E-state index < -0.39 is 0 Å². The minimum absolute atomic E-state index is 0.0313. The zero-order valence-electron chi connectivity index (χ0n) is 16.2. The van der Waals surface area contributed by atoms with Crippen molar-refractivity contribution in [3.8, 4) is 5.75 Å². The fourth-order valence-electron chi connectivity index (χ4n) is 2.90. The van der Waals surface area contributed by atoms with Crippen LogP contribution in [0.2, 0.25) is 0 Å². The first-order valence-electron chi connectivity index (χ1n) is 9.37. The van der Waals surface area contributed by atoms with Crippen molar-refractivity contribution in [1.29, 1.82) is 0 Å². The van der Waals surface area contributed by atoms with Crippen LogP contribution >= 0.6 is 0 Å². The van der Waals surface area contributed by atoms with Crippen LogP contribution in [0.15, 0.2) is 24.3 Å². The van der Waals surface area contributed by atoms with Gasteiger partial charge in [-0.2, -0.15) is 0 Å². The number of rotatable bonds is 4. The van der Waals surface area contributed by atoms with Crippen LogP contribution in [0.25, 0.3) is 0 Å². The highest BCUT2D eigenvalue weighted by Crippen LogP contribution is 2.25. The summed E-state index contributed by atoms with van der Waals surface area (Å²) >= 11 is 0. The van der Waals surface area contributed by atoms with Crippen molar-refractivity contribution < 1.29 is 19.4 Å². The molecule has 142 valence electrons. The van der Waals surface area contributed by atoms with Crippen molar-refractivity contribution in [1.82, 2.24) is 0 Å². The molecule has 2 unspecified atom stereocenters. The number of benzene rings is 1. The Morgan fingerprint density at radius 2 is 1.88 bits per heavy atom. The van der Waals surface area contributed by atoms with Crippen molar-refractivity contribution in [2.45, 2.75) is 65.4 Å². The van der Waals surface area contributed by atoms with E-state index in [1.54, 1.807) is 7.11 Å². The Kier molecular flexibility index (Phi) is 10.2. The van der Waals surface area contributed by atoms with Crippen molar-refractivity contribution >= 4 is 5.97 Å². The van der Waals surface area contributed by atoms with Crippen LogP contribution in [0.1, 0.15) is 58.4 Å². The molecule has 1 fully saturated rings. The SMILES string of the molecule is CC(C)CO.COc1ccc(CC2CCCCC(=O)OC(C)C2)cc1. The maximum absolute atomic E-state index is 11.5. The first-order chi connectivity index (χ1) is 11.9. The molecule has 2 rings (SSSR count).